The summed E-state index contributed by atoms with van der Waals surface area (Å²) in [7, 11) is 0. The van der Waals surface area contributed by atoms with Crippen molar-refractivity contribution < 1.29 is 5.11 Å². The smallest absolute Gasteiger partial charge is 0.0674 e. The van der Waals surface area contributed by atoms with E-state index in [2.05, 4.69) is 46.0 Å². The van der Waals surface area contributed by atoms with E-state index in [0.29, 0.717) is 12.2 Å². The van der Waals surface area contributed by atoms with Crippen molar-refractivity contribution in [1.29, 1.82) is 0 Å². The number of aliphatic hydroxyl groups excluding tert-OH is 1. The molecule has 0 saturated carbocycles. The third-order valence-corrected chi connectivity index (χ3v) is 4.24. The van der Waals surface area contributed by atoms with E-state index in [1.807, 2.05) is 12.1 Å². The molecule has 1 unspecified atom stereocenters. The number of aromatic nitrogens is 1. The maximum Gasteiger partial charge on any atom is 0.0674 e. The van der Waals surface area contributed by atoms with Gasteiger partial charge in [0.25, 0.3) is 0 Å². The third-order valence-electron chi connectivity index (χ3n) is 2.66. The van der Waals surface area contributed by atoms with Crippen molar-refractivity contribution in [2.24, 2.45) is 0 Å². The Morgan fingerprint density at radius 2 is 2.16 bits per heavy atom. The first-order chi connectivity index (χ1) is 9.13. The molecule has 0 aliphatic rings. The van der Waals surface area contributed by atoms with Crippen molar-refractivity contribution in [1.82, 2.24) is 4.98 Å². The van der Waals surface area contributed by atoms with Gasteiger partial charge in [-0.15, -0.1) is 11.8 Å². The summed E-state index contributed by atoms with van der Waals surface area (Å²) in [6.45, 7) is 2.08. The highest BCUT2D eigenvalue weighted by Gasteiger charge is 2.07. The number of pyridine rings is 1. The van der Waals surface area contributed by atoms with Gasteiger partial charge in [0, 0.05) is 33.9 Å². The van der Waals surface area contributed by atoms with Crippen LogP contribution in [0.3, 0.4) is 0 Å². The van der Waals surface area contributed by atoms with E-state index in [1.54, 1.807) is 24.2 Å². The topological polar surface area (TPSA) is 33.1 Å². The van der Waals surface area contributed by atoms with Crippen LogP contribution in [-0.2, 0) is 6.42 Å². The Balaban J connectivity index is 1.86. The number of thioether (sulfide) groups is 1. The molecule has 0 bridgehead atoms. The second-order valence-electron chi connectivity index (χ2n) is 4.50. The molecule has 1 heterocycles. The molecule has 2 nitrogen and oxygen atoms in total. The van der Waals surface area contributed by atoms with Gasteiger partial charge in [0.05, 0.1) is 6.10 Å². The third kappa shape index (κ3) is 4.97. The van der Waals surface area contributed by atoms with E-state index in [0.717, 1.165) is 10.0 Å². The molecule has 19 heavy (non-hydrogen) atoms. The molecule has 1 aromatic carbocycles. The minimum Gasteiger partial charge on any atom is -0.392 e. The number of hydrogen-bond acceptors (Lipinski definition) is 3. The predicted octanol–water partition coefficient (Wildman–Crippen LogP) is 3.85. The first-order valence-electron chi connectivity index (χ1n) is 6.10. The minimum absolute atomic E-state index is 0.360. The van der Waals surface area contributed by atoms with Crippen LogP contribution < -0.4 is 0 Å². The number of aliphatic hydroxyl groups is 1. The fourth-order valence-corrected chi connectivity index (χ4v) is 3.15. The molecule has 2 rings (SSSR count). The van der Waals surface area contributed by atoms with Gasteiger partial charge < -0.3 is 5.11 Å². The normalized spacial score (nSPS) is 12.4. The zero-order valence-corrected chi connectivity index (χ0v) is 13.1. The van der Waals surface area contributed by atoms with Crippen molar-refractivity contribution in [3.63, 3.8) is 0 Å². The Kier molecular flexibility index (Phi) is 5.43. The summed E-state index contributed by atoms with van der Waals surface area (Å²) in [4.78, 5) is 5.30. The largest absolute Gasteiger partial charge is 0.392 e. The Morgan fingerprint density at radius 1 is 1.32 bits per heavy atom. The molecule has 1 N–H and O–H groups in total. The zero-order chi connectivity index (χ0) is 13.7. The molecule has 0 spiro atoms. The molecular weight excluding hydrogens is 322 g/mol. The van der Waals surface area contributed by atoms with Crippen LogP contribution in [-0.4, -0.2) is 21.9 Å². The summed E-state index contributed by atoms with van der Waals surface area (Å²) in [5, 5.41) is 10.1. The average Bonchev–Trinajstić information content (AvgIpc) is 2.36. The van der Waals surface area contributed by atoms with E-state index in [1.165, 1.54) is 10.5 Å². The van der Waals surface area contributed by atoms with Gasteiger partial charge in [-0.2, -0.15) is 0 Å². The predicted molar refractivity (Wildman–Crippen MR) is 83.6 cm³/mol. The second-order valence-corrected chi connectivity index (χ2v) is 6.51. The maximum absolute atomic E-state index is 10.1. The highest BCUT2D eigenvalue weighted by molar-refractivity contribution is 9.10. The molecule has 0 amide bonds. The van der Waals surface area contributed by atoms with Gasteiger partial charge in [0.1, 0.15) is 0 Å². The monoisotopic (exact) mass is 337 g/mol. The Morgan fingerprint density at radius 3 is 2.89 bits per heavy atom. The first kappa shape index (κ1) is 14.6. The van der Waals surface area contributed by atoms with Crippen LogP contribution in [0.4, 0.5) is 0 Å². The van der Waals surface area contributed by atoms with Crippen molar-refractivity contribution in [2.45, 2.75) is 24.3 Å². The van der Waals surface area contributed by atoms with Gasteiger partial charge in [0.2, 0.25) is 0 Å². The molecule has 1 aromatic heterocycles. The Labute approximate surface area is 126 Å². The first-order valence-corrected chi connectivity index (χ1v) is 7.88. The van der Waals surface area contributed by atoms with Crippen LogP contribution in [0, 0.1) is 6.92 Å². The van der Waals surface area contributed by atoms with Crippen molar-refractivity contribution >= 4 is 27.7 Å². The molecule has 0 aliphatic heterocycles. The average molecular weight is 338 g/mol. The van der Waals surface area contributed by atoms with Crippen molar-refractivity contribution in [3.8, 4) is 0 Å². The van der Waals surface area contributed by atoms with Gasteiger partial charge in [-0.05, 0) is 46.6 Å². The standard InChI is InChI=1S/C15H16BrNOS/c1-11-3-2-4-15(5-11)19-10-14(18)7-12-6-13(16)9-17-8-12/h2-6,8-9,14,18H,7,10H2,1H3. The number of benzene rings is 1. The fraction of sp³-hybridized carbons (Fsp3) is 0.267. The molecular formula is C15H16BrNOS. The number of aryl methyl sites for hydroxylation is 1. The summed E-state index contributed by atoms with van der Waals surface area (Å²) < 4.78 is 0.948. The number of rotatable bonds is 5. The van der Waals surface area contributed by atoms with Gasteiger partial charge in [0.15, 0.2) is 0 Å². The van der Waals surface area contributed by atoms with Crippen LogP contribution in [0.1, 0.15) is 11.1 Å². The van der Waals surface area contributed by atoms with Crippen LogP contribution in [0.5, 0.6) is 0 Å². The summed E-state index contributed by atoms with van der Waals surface area (Å²) in [5.41, 5.74) is 2.29. The Bertz CT molecular complexity index is 547. The SMILES string of the molecule is Cc1cccc(SCC(O)Cc2cncc(Br)c2)c1. The summed E-state index contributed by atoms with van der Waals surface area (Å²) >= 11 is 5.07. The van der Waals surface area contributed by atoms with Gasteiger partial charge in [-0.25, -0.2) is 0 Å². The molecule has 1 atom stereocenters. The van der Waals surface area contributed by atoms with E-state index in [-0.39, 0.29) is 6.10 Å². The van der Waals surface area contributed by atoms with Gasteiger partial charge in [-0.1, -0.05) is 17.7 Å². The molecule has 100 valence electrons. The van der Waals surface area contributed by atoms with E-state index >= 15 is 0 Å². The Hall–Kier alpha value is -0.840. The minimum atomic E-state index is -0.360. The fourth-order valence-electron chi connectivity index (χ4n) is 1.80. The highest BCUT2D eigenvalue weighted by Crippen LogP contribution is 2.21. The molecule has 2 aromatic rings. The summed E-state index contributed by atoms with van der Waals surface area (Å²) in [6, 6.07) is 10.3. The number of nitrogens with zero attached hydrogens (tertiary/aromatic N) is 1. The lowest BCUT2D eigenvalue weighted by Gasteiger charge is -2.10. The molecule has 4 heteroatoms. The van der Waals surface area contributed by atoms with Crippen LogP contribution in [0.25, 0.3) is 0 Å². The van der Waals surface area contributed by atoms with Crippen molar-refractivity contribution in [2.75, 3.05) is 5.75 Å². The van der Waals surface area contributed by atoms with E-state index < -0.39 is 0 Å². The summed E-state index contributed by atoms with van der Waals surface area (Å²) in [5.74, 6) is 0.690. The summed E-state index contributed by atoms with van der Waals surface area (Å²) in [6.07, 6.45) is 3.81. The number of halogens is 1. The van der Waals surface area contributed by atoms with Crippen LogP contribution in [0.15, 0.2) is 52.1 Å². The van der Waals surface area contributed by atoms with Gasteiger partial charge >= 0.3 is 0 Å². The number of hydrogen-bond donors (Lipinski definition) is 1. The quantitative estimate of drug-likeness (QED) is 0.841. The van der Waals surface area contributed by atoms with Crippen molar-refractivity contribution in [3.05, 3.63) is 58.3 Å². The second kappa shape index (κ2) is 7.08. The van der Waals surface area contributed by atoms with Crippen LogP contribution >= 0.6 is 27.7 Å². The molecule has 0 aliphatic carbocycles. The lowest BCUT2D eigenvalue weighted by Crippen LogP contribution is -2.13. The van der Waals surface area contributed by atoms with E-state index in [9.17, 15) is 5.11 Å². The molecule has 0 saturated heterocycles. The maximum atomic E-state index is 10.1. The van der Waals surface area contributed by atoms with E-state index in [4.69, 9.17) is 0 Å². The van der Waals surface area contributed by atoms with Crippen LogP contribution in [0.2, 0.25) is 0 Å². The highest BCUT2D eigenvalue weighted by atomic mass is 79.9. The lowest BCUT2D eigenvalue weighted by molar-refractivity contribution is 0.200. The molecule has 0 radical (unpaired) electrons. The molecule has 0 fully saturated rings. The zero-order valence-electron chi connectivity index (χ0n) is 10.7. The van der Waals surface area contributed by atoms with Gasteiger partial charge in [-0.3, -0.25) is 4.98 Å². The lowest BCUT2D eigenvalue weighted by atomic mass is 10.1.